The first-order valence-electron chi connectivity index (χ1n) is 5.22. The number of thiocarbonyl (C=S) groups is 1. The number of nitrogens with one attached hydrogen (secondary N) is 1. The molecule has 0 amide bonds. The molecule has 92 valence electrons. The number of rotatable bonds is 3. The summed E-state index contributed by atoms with van der Waals surface area (Å²) >= 11 is 4.82. The van der Waals surface area contributed by atoms with E-state index in [-0.39, 0.29) is 16.8 Å². The van der Waals surface area contributed by atoms with E-state index < -0.39 is 0 Å². The number of hydrogen-bond donors (Lipinski definition) is 2. The highest BCUT2D eigenvalue weighted by Gasteiger charge is 2.06. The standard InChI is InChI=1S/C12H11FN4S/c1-7-2-3-8(13)10(6-7)17-12-15-5-4-9(16-12)11(14)18/h2-6H,1H3,(H2,14,18)(H,15,16,17). The van der Waals surface area contributed by atoms with E-state index in [2.05, 4.69) is 15.3 Å². The molecular weight excluding hydrogens is 251 g/mol. The molecule has 0 aliphatic carbocycles. The molecular formula is C12H11FN4S. The molecule has 1 aromatic carbocycles. The summed E-state index contributed by atoms with van der Waals surface area (Å²) in [5, 5.41) is 2.80. The van der Waals surface area contributed by atoms with E-state index in [1.807, 2.05) is 6.92 Å². The van der Waals surface area contributed by atoms with Crippen LogP contribution in [0.3, 0.4) is 0 Å². The number of halogens is 1. The molecule has 0 aliphatic heterocycles. The van der Waals surface area contributed by atoms with E-state index in [0.29, 0.717) is 11.4 Å². The summed E-state index contributed by atoms with van der Waals surface area (Å²) in [6.45, 7) is 1.87. The van der Waals surface area contributed by atoms with Gasteiger partial charge in [0.15, 0.2) is 0 Å². The van der Waals surface area contributed by atoms with E-state index in [9.17, 15) is 4.39 Å². The molecule has 0 saturated carbocycles. The van der Waals surface area contributed by atoms with Gasteiger partial charge in [-0.05, 0) is 30.7 Å². The third kappa shape index (κ3) is 2.78. The van der Waals surface area contributed by atoms with Gasteiger partial charge in [0, 0.05) is 6.20 Å². The van der Waals surface area contributed by atoms with Gasteiger partial charge in [-0.2, -0.15) is 0 Å². The fourth-order valence-electron chi connectivity index (χ4n) is 1.41. The molecule has 0 radical (unpaired) electrons. The Morgan fingerprint density at radius 2 is 2.17 bits per heavy atom. The van der Waals surface area contributed by atoms with Gasteiger partial charge in [-0.25, -0.2) is 14.4 Å². The number of benzene rings is 1. The van der Waals surface area contributed by atoms with Crippen molar-refractivity contribution >= 4 is 28.8 Å². The number of aromatic nitrogens is 2. The molecule has 18 heavy (non-hydrogen) atoms. The van der Waals surface area contributed by atoms with Gasteiger partial charge in [0.25, 0.3) is 0 Å². The zero-order valence-corrected chi connectivity index (χ0v) is 10.5. The largest absolute Gasteiger partial charge is 0.388 e. The number of aryl methyl sites for hydroxylation is 1. The lowest BCUT2D eigenvalue weighted by atomic mass is 10.2. The van der Waals surface area contributed by atoms with Crippen molar-refractivity contribution in [2.45, 2.75) is 6.92 Å². The van der Waals surface area contributed by atoms with Crippen LogP contribution in [0.15, 0.2) is 30.5 Å². The predicted molar refractivity (Wildman–Crippen MR) is 72.3 cm³/mol. The number of anilines is 2. The van der Waals surface area contributed by atoms with Crippen LogP contribution in [0.4, 0.5) is 16.0 Å². The van der Waals surface area contributed by atoms with Gasteiger partial charge in [0.05, 0.1) is 5.69 Å². The fraction of sp³-hybridized carbons (Fsp3) is 0.0833. The smallest absolute Gasteiger partial charge is 0.227 e. The van der Waals surface area contributed by atoms with Crippen LogP contribution >= 0.6 is 12.2 Å². The van der Waals surface area contributed by atoms with Crippen molar-refractivity contribution < 1.29 is 4.39 Å². The SMILES string of the molecule is Cc1ccc(F)c(Nc2nccc(C(N)=S)n2)c1. The lowest BCUT2D eigenvalue weighted by molar-refractivity contribution is 0.631. The minimum Gasteiger partial charge on any atom is -0.388 e. The van der Waals surface area contributed by atoms with Crippen molar-refractivity contribution in [1.82, 2.24) is 9.97 Å². The first-order valence-corrected chi connectivity index (χ1v) is 5.63. The monoisotopic (exact) mass is 262 g/mol. The van der Waals surface area contributed by atoms with Crippen LogP contribution in [0.5, 0.6) is 0 Å². The lowest BCUT2D eigenvalue weighted by Crippen LogP contribution is -2.13. The van der Waals surface area contributed by atoms with Crippen molar-refractivity contribution in [2.75, 3.05) is 5.32 Å². The predicted octanol–water partition coefficient (Wildman–Crippen LogP) is 2.30. The number of nitrogens with zero attached hydrogens (tertiary/aromatic N) is 2. The third-order valence-corrected chi connectivity index (χ3v) is 2.49. The fourth-order valence-corrected chi connectivity index (χ4v) is 1.53. The van der Waals surface area contributed by atoms with Crippen LogP contribution < -0.4 is 11.1 Å². The number of hydrogen-bond acceptors (Lipinski definition) is 4. The summed E-state index contributed by atoms with van der Waals surface area (Å²) in [7, 11) is 0. The maximum atomic E-state index is 13.5. The Morgan fingerprint density at radius 1 is 1.39 bits per heavy atom. The van der Waals surface area contributed by atoms with E-state index in [1.165, 1.54) is 12.3 Å². The molecule has 0 bridgehead atoms. The second-order valence-electron chi connectivity index (χ2n) is 3.74. The molecule has 1 heterocycles. The molecule has 0 unspecified atom stereocenters. The van der Waals surface area contributed by atoms with Gasteiger partial charge < -0.3 is 11.1 Å². The molecule has 0 saturated heterocycles. The highest BCUT2D eigenvalue weighted by atomic mass is 32.1. The maximum absolute atomic E-state index is 13.5. The average molecular weight is 262 g/mol. The van der Waals surface area contributed by atoms with Gasteiger partial charge in [-0.15, -0.1) is 0 Å². The zero-order valence-electron chi connectivity index (χ0n) is 9.64. The maximum Gasteiger partial charge on any atom is 0.227 e. The number of nitrogens with two attached hydrogens (primary N) is 1. The van der Waals surface area contributed by atoms with Crippen molar-refractivity contribution in [3.05, 3.63) is 47.5 Å². The van der Waals surface area contributed by atoms with Crippen LogP contribution in [-0.4, -0.2) is 15.0 Å². The second kappa shape index (κ2) is 5.05. The van der Waals surface area contributed by atoms with Crippen LogP contribution in [-0.2, 0) is 0 Å². The molecule has 3 N–H and O–H groups in total. The topological polar surface area (TPSA) is 63.8 Å². The van der Waals surface area contributed by atoms with Gasteiger partial charge in [0.2, 0.25) is 5.95 Å². The summed E-state index contributed by atoms with van der Waals surface area (Å²) in [4.78, 5) is 8.24. The Bertz CT molecular complexity index is 600. The molecule has 0 aliphatic rings. The Morgan fingerprint density at radius 3 is 2.89 bits per heavy atom. The molecule has 1 aromatic heterocycles. The van der Waals surface area contributed by atoms with Crippen molar-refractivity contribution in [1.29, 1.82) is 0 Å². The minimum absolute atomic E-state index is 0.171. The average Bonchev–Trinajstić information content (AvgIpc) is 2.34. The van der Waals surface area contributed by atoms with Crippen LogP contribution in [0, 0.1) is 12.7 Å². The summed E-state index contributed by atoms with van der Waals surface area (Å²) < 4.78 is 13.5. The molecule has 0 spiro atoms. The van der Waals surface area contributed by atoms with E-state index >= 15 is 0 Å². The van der Waals surface area contributed by atoms with Gasteiger partial charge in [-0.1, -0.05) is 18.3 Å². The third-order valence-electron chi connectivity index (χ3n) is 2.28. The lowest BCUT2D eigenvalue weighted by Gasteiger charge is -2.07. The Hall–Kier alpha value is -2.08. The molecule has 2 rings (SSSR count). The molecule has 4 nitrogen and oxygen atoms in total. The van der Waals surface area contributed by atoms with Crippen molar-refractivity contribution in [2.24, 2.45) is 5.73 Å². The van der Waals surface area contributed by atoms with Crippen molar-refractivity contribution in [3.8, 4) is 0 Å². The first-order chi connectivity index (χ1) is 8.56. The minimum atomic E-state index is -0.370. The zero-order chi connectivity index (χ0) is 13.1. The van der Waals surface area contributed by atoms with Crippen LogP contribution in [0.1, 0.15) is 11.3 Å². The normalized spacial score (nSPS) is 10.1. The van der Waals surface area contributed by atoms with Crippen LogP contribution in [0.25, 0.3) is 0 Å². The second-order valence-corrected chi connectivity index (χ2v) is 4.18. The Labute approximate surface area is 109 Å². The first kappa shape index (κ1) is 12.4. The van der Waals surface area contributed by atoms with Crippen molar-refractivity contribution in [3.63, 3.8) is 0 Å². The van der Waals surface area contributed by atoms with E-state index in [0.717, 1.165) is 5.56 Å². The van der Waals surface area contributed by atoms with Gasteiger partial charge >= 0.3 is 0 Å². The summed E-state index contributed by atoms with van der Waals surface area (Å²) in [5.74, 6) is -0.116. The molecule has 0 fully saturated rings. The summed E-state index contributed by atoms with van der Waals surface area (Å²) in [6.07, 6.45) is 1.51. The Balaban J connectivity index is 2.31. The molecule has 0 atom stereocenters. The highest BCUT2D eigenvalue weighted by Crippen LogP contribution is 2.18. The summed E-state index contributed by atoms with van der Waals surface area (Å²) in [5.41, 5.74) is 7.16. The van der Waals surface area contributed by atoms with Gasteiger partial charge in [-0.3, -0.25) is 0 Å². The van der Waals surface area contributed by atoms with Gasteiger partial charge in [0.1, 0.15) is 16.5 Å². The van der Waals surface area contributed by atoms with Crippen LogP contribution in [0.2, 0.25) is 0 Å². The van der Waals surface area contributed by atoms with E-state index in [4.69, 9.17) is 18.0 Å². The summed E-state index contributed by atoms with van der Waals surface area (Å²) in [6, 6.07) is 6.34. The molecule has 2 aromatic rings. The quantitative estimate of drug-likeness (QED) is 0.831. The highest BCUT2D eigenvalue weighted by molar-refractivity contribution is 7.80. The van der Waals surface area contributed by atoms with E-state index in [1.54, 1.807) is 18.2 Å². The molecule has 6 heteroatoms. The Kier molecular flexibility index (Phi) is 3.47.